The number of carbonyl (C=O) groups excluding carboxylic acids is 2. The van der Waals surface area contributed by atoms with Gasteiger partial charge in [0.2, 0.25) is 5.91 Å². The summed E-state index contributed by atoms with van der Waals surface area (Å²) < 4.78 is 10.3. The van der Waals surface area contributed by atoms with Gasteiger partial charge in [-0.1, -0.05) is 6.07 Å². The van der Waals surface area contributed by atoms with Gasteiger partial charge < -0.3 is 20.1 Å². The summed E-state index contributed by atoms with van der Waals surface area (Å²) >= 11 is 2.79. The van der Waals surface area contributed by atoms with Crippen LogP contribution in [0.1, 0.15) is 10.4 Å². The molecule has 1 aromatic heterocycles. The molecule has 178 valence electrons. The Morgan fingerprint density at radius 2 is 1.66 bits per heavy atom. The summed E-state index contributed by atoms with van der Waals surface area (Å²) in [5.74, 6) is 1.29. The molecule has 2 amide bonds. The van der Waals surface area contributed by atoms with Crippen molar-refractivity contribution < 1.29 is 19.1 Å². The van der Waals surface area contributed by atoms with Crippen LogP contribution in [0.25, 0.3) is 11.3 Å². The Labute approximate surface area is 211 Å². The summed E-state index contributed by atoms with van der Waals surface area (Å²) in [4.78, 5) is 30.2. The fourth-order valence-electron chi connectivity index (χ4n) is 3.13. The Morgan fingerprint density at radius 3 is 2.37 bits per heavy atom. The van der Waals surface area contributed by atoms with Gasteiger partial charge in [-0.25, -0.2) is 4.98 Å². The molecule has 0 atom stereocenters. The van der Waals surface area contributed by atoms with Crippen molar-refractivity contribution in [3.8, 4) is 22.8 Å². The van der Waals surface area contributed by atoms with Crippen molar-refractivity contribution in [1.29, 1.82) is 0 Å². The first kappa shape index (κ1) is 24.3. The average Bonchev–Trinajstić information content (AvgIpc) is 3.36. The fourth-order valence-corrected chi connectivity index (χ4v) is 4.57. The van der Waals surface area contributed by atoms with E-state index in [-0.39, 0.29) is 17.6 Å². The lowest BCUT2D eigenvalue weighted by Gasteiger charge is -2.08. The van der Waals surface area contributed by atoms with Gasteiger partial charge in [-0.3, -0.25) is 9.59 Å². The quantitative estimate of drug-likeness (QED) is 0.279. The fraction of sp³-hybridized carbons (Fsp3) is 0.115. The van der Waals surface area contributed by atoms with Gasteiger partial charge in [0.05, 0.1) is 25.7 Å². The topological polar surface area (TPSA) is 89.6 Å². The van der Waals surface area contributed by atoms with Crippen molar-refractivity contribution in [3.63, 3.8) is 0 Å². The van der Waals surface area contributed by atoms with Crippen molar-refractivity contribution in [1.82, 2.24) is 4.98 Å². The van der Waals surface area contributed by atoms with E-state index < -0.39 is 0 Å². The Balaban J connectivity index is 1.27. The normalized spacial score (nSPS) is 10.5. The van der Waals surface area contributed by atoms with Crippen LogP contribution in [0.2, 0.25) is 0 Å². The van der Waals surface area contributed by atoms with E-state index in [1.165, 1.54) is 23.1 Å². The van der Waals surface area contributed by atoms with Gasteiger partial charge in [-0.15, -0.1) is 23.1 Å². The van der Waals surface area contributed by atoms with E-state index in [4.69, 9.17) is 9.47 Å². The zero-order valence-electron chi connectivity index (χ0n) is 19.1. The highest BCUT2D eigenvalue weighted by Gasteiger charge is 2.10. The van der Waals surface area contributed by atoms with Crippen molar-refractivity contribution in [2.75, 3.05) is 30.6 Å². The molecule has 0 fully saturated rings. The van der Waals surface area contributed by atoms with Crippen LogP contribution >= 0.6 is 23.1 Å². The van der Waals surface area contributed by atoms with E-state index >= 15 is 0 Å². The largest absolute Gasteiger partial charge is 0.497 e. The monoisotopic (exact) mass is 505 g/mol. The summed E-state index contributed by atoms with van der Waals surface area (Å²) in [6.45, 7) is 0. The molecule has 2 N–H and O–H groups in total. The molecule has 35 heavy (non-hydrogen) atoms. The number of carbonyl (C=O) groups is 2. The van der Waals surface area contributed by atoms with Crippen molar-refractivity contribution in [2.24, 2.45) is 0 Å². The Hall–Kier alpha value is -3.82. The van der Waals surface area contributed by atoms with E-state index in [0.29, 0.717) is 22.1 Å². The van der Waals surface area contributed by atoms with E-state index in [2.05, 4.69) is 15.6 Å². The van der Waals surface area contributed by atoms with Crippen LogP contribution in [-0.4, -0.2) is 36.8 Å². The Morgan fingerprint density at radius 1 is 0.914 bits per heavy atom. The highest BCUT2D eigenvalue weighted by atomic mass is 32.2. The van der Waals surface area contributed by atoms with Crippen LogP contribution < -0.4 is 20.1 Å². The molecule has 0 aliphatic rings. The number of rotatable bonds is 9. The first-order chi connectivity index (χ1) is 17.0. The lowest BCUT2D eigenvalue weighted by atomic mass is 10.2. The molecule has 4 aromatic rings. The molecule has 0 aliphatic heterocycles. The third kappa shape index (κ3) is 6.62. The van der Waals surface area contributed by atoms with Crippen molar-refractivity contribution in [3.05, 3.63) is 83.7 Å². The number of anilines is 2. The number of nitrogens with zero attached hydrogens (tertiary/aromatic N) is 1. The lowest BCUT2D eigenvalue weighted by molar-refractivity contribution is -0.113. The van der Waals surface area contributed by atoms with Gasteiger partial charge in [0.15, 0.2) is 5.13 Å². The number of thioether (sulfide) groups is 1. The molecule has 0 radical (unpaired) electrons. The van der Waals surface area contributed by atoms with Gasteiger partial charge in [0, 0.05) is 27.1 Å². The Kier molecular flexibility index (Phi) is 8.02. The number of thiazole rings is 1. The molecule has 7 nitrogen and oxygen atoms in total. The number of hydrogen-bond donors (Lipinski definition) is 2. The third-order valence-corrected chi connectivity index (χ3v) is 6.72. The molecule has 0 bridgehead atoms. The smallest absolute Gasteiger partial charge is 0.255 e. The second-order valence-corrected chi connectivity index (χ2v) is 9.22. The number of amides is 2. The summed E-state index contributed by atoms with van der Waals surface area (Å²) in [6, 6.07) is 21.9. The molecule has 0 aliphatic carbocycles. The highest BCUT2D eigenvalue weighted by molar-refractivity contribution is 8.00. The molecule has 3 aromatic carbocycles. The number of nitrogens with one attached hydrogen (secondary N) is 2. The second kappa shape index (κ2) is 11.5. The highest BCUT2D eigenvalue weighted by Crippen LogP contribution is 2.27. The van der Waals surface area contributed by atoms with Crippen molar-refractivity contribution >= 4 is 45.7 Å². The zero-order chi connectivity index (χ0) is 24.6. The van der Waals surface area contributed by atoms with E-state index in [0.717, 1.165) is 21.9 Å². The molecule has 4 rings (SSSR count). The number of hydrogen-bond acceptors (Lipinski definition) is 7. The minimum absolute atomic E-state index is 0.138. The molecule has 0 spiro atoms. The zero-order valence-corrected chi connectivity index (χ0v) is 20.7. The number of ether oxygens (including phenoxy) is 2. The first-order valence-corrected chi connectivity index (χ1v) is 12.5. The van der Waals surface area contributed by atoms with Crippen LogP contribution in [0.5, 0.6) is 11.5 Å². The van der Waals surface area contributed by atoms with Crippen LogP contribution in [0.15, 0.2) is 83.1 Å². The van der Waals surface area contributed by atoms with Crippen LogP contribution in [0.3, 0.4) is 0 Å². The number of benzene rings is 3. The molecule has 0 unspecified atom stereocenters. The predicted octanol–water partition coefficient (Wildman–Crippen LogP) is 5.81. The number of methoxy groups -OCH3 is 2. The van der Waals surface area contributed by atoms with Crippen molar-refractivity contribution in [2.45, 2.75) is 4.90 Å². The van der Waals surface area contributed by atoms with E-state index in [1.807, 2.05) is 41.8 Å². The molecular weight excluding hydrogens is 482 g/mol. The maximum absolute atomic E-state index is 12.4. The van der Waals surface area contributed by atoms with Crippen LogP contribution in [0.4, 0.5) is 10.8 Å². The van der Waals surface area contributed by atoms with E-state index in [1.54, 1.807) is 50.6 Å². The molecule has 0 saturated carbocycles. The van der Waals surface area contributed by atoms with Gasteiger partial charge >= 0.3 is 0 Å². The van der Waals surface area contributed by atoms with Gasteiger partial charge in [-0.2, -0.15) is 0 Å². The maximum atomic E-state index is 12.4. The minimum atomic E-state index is -0.221. The van der Waals surface area contributed by atoms with Crippen LogP contribution in [-0.2, 0) is 4.79 Å². The lowest BCUT2D eigenvalue weighted by Crippen LogP contribution is -2.13. The molecule has 0 saturated heterocycles. The third-order valence-electron chi connectivity index (χ3n) is 4.95. The second-order valence-electron chi connectivity index (χ2n) is 7.31. The maximum Gasteiger partial charge on any atom is 0.255 e. The first-order valence-electron chi connectivity index (χ1n) is 10.6. The number of aromatic nitrogens is 1. The standard InChI is InChI=1S/C26H23N3O4S2/c1-32-20-10-6-17(7-11-20)23-15-35-26(28-23)29-24(30)16-34-22-12-8-19(9-13-22)27-25(31)18-4-3-5-21(14-18)33-2/h3-15H,16H2,1-2H3,(H,27,31)(H,28,29,30). The minimum Gasteiger partial charge on any atom is -0.497 e. The SMILES string of the molecule is COc1ccc(-c2csc(NC(=O)CSc3ccc(NC(=O)c4cccc(OC)c4)cc3)n2)cc1. The average molecular weight is 506 g/mol. The summed E-state index contributed by atoms with van der Waals surface area (Å²) in [6.07, 6.45) is 0. The summed E-state index contributed by atoms with van der Waals surface area (Å²) in [5, 5.41) is 8.16. The molecule has 9 heteroatoms. The Bertz CT molecular complexity index is 1300. The molecule has 1 heterocycles. The van der Waals surface area contributed by atoms with Crippen LogP contribution in [0, 0.1) is 0 Å². The van der Waals surface area contributed by atoms with E-state index in [9.17, 15) is 9.59 Å². The van der Waals surface area contributed by atoms with Gasteiger partial charge in [0.25, 0.3) is 5.91 Å². The predicted molar refractivity (Wildman–Crippen MR) is 141 cm³/mol. The van der Waals surface area contributed by atoms with Gasteiger partial charge in [-0.05, 0) is 66.7 Å². The summed E-state index contributed by atoms with van der Waals surface area (Å²) in [7, 11) is 3.18. The summed E-state index contributed by atoms with van der Waals surface area (Å²) in [5.41, 5.74) is 2.93. The van der Waals surface area contributed by atoms with Gasteiger partial charge in [0.1, 0.15) is 11.5 Å². The molecular formula is C26H23N3O4S2.